The van der Waals surface area contributed by atoms with E-state index in [0.717, 1.165) is 31.4 Å². The lowest BCUT2D eigenvalue weighted by Gasteiger charge is -2.26. The predicted molar refractivity (Wildman–Crippen MR) is 77.2 cm³/mol. The van der Waals surface area contributed by atoms with Gasteiger partial charge < -0.3 is 15.5 Å². The summed E-state index contributed by atoms with van der Waals surface area (Å²) in [5.41, 5.74) is 0.876. The SMILES string of the molecule is OC1CCCC(CNCC(O)c2ccc(Cl)cc2)C1. The molecular formula is C15H22ClNO2. The molecule has 0 spiro atoms. The van der Waals surface area contributed by atoms with Gasteiger partial charge in [0, 0.05) is 11.6 Å². The minimum Gasteiger partial charge on any atom is -0.393 e. The monoisotopic (exact) mass is 283 g/mol. The van der Waals surface area contributed by atoms with Gasteiger partial charge in [-0.25, -0.2) is 0 Å². The van der Waals surface area contributed by atoms with Crippen LogP contribution in [-0.2, 0) is 0 Å². The topological polar surface area (TPSA) is 52.5 Å². The van der Waals surface area contributed by atoms with Gasteiger partial charge in [-0.3, -0.25) is 0 Å². The second-order valence-electron chi connectivity index (χ2n) is 5.41. The zero-order valence-electron chi connectivity index (χ0n) is 11.1. The maximum Gasteiger partial charge on any atom is 0.0914 e. The van der Waals surface area contributed by atoms with Gasteiger partial charge >= 0.3 is 0 Å². The van der Waals surface area contributed by atoms with Crippen LogP contribution in [-0.4, -0.2) is 29.4 Å². The number of hydrogen-bond donors (Lipinski definition) is 3. The summed E-state index contributed by atoms with van der Waals surface area (Å²) >= 11 is 5.81. The summed E-state index contributed by atoms with van der Waals surface area (Å²) in [7, 11) is 0. The number of halogens is 1. The Kier molecular flexibility index (Phi) is 5.64. The van der Waals surface area contributed by atoms with Crippen molar-refractivity contribution in [1.29, 1.82) is 0 Å². The van der Waals surface area contributed by atoms with Crippen LogP contribution in [0.15, 0.2) is 24.3 Å². The van der Waals surface area contributed by atoms with Crippen LogP contribution in [0.1, 0.15) is 37.4 Å². The van der Waals surface area contributed by atoms with Crippen LogP contribution in [0.25, 0.3) is 0 Å². The van der Waals surface area contributed by atoms with Gasteiger partial charge in [-0.1, -0.05) is 30.2 Å². The molecule has 3 atom stereocenters. The van der Waals surface area contributed by atoms with Crippen LogP contribution in [0.3, 0.4) is 0 Å². The molecule has 1 fully saturated rings. The molecule has 3 unspecified atom stereocenters. The summed E-state index contributed by atoms with van der Waals surface area (Å²) < 4.78 is 0. The Bertz CT molecular complexity index is 382. The molecule has 1 aromatic rings. The van der Waals surface area contributed by atoms with E-state index < -0.39 is 6.10 Å². The summed E-state index contributed by atoms with van der Waals surface area (Å²) in [6, 6.07) is 7.27. The number of aliphatic hydroxyl groups is 2. The van der Waals surface area contributed by atoms with E-state index in [1.807, 2.05) is 12.1 Å². The van der Waals surface area contributed by atoms with Crippen LogP contribution >= 0.6 is 11.6 Å². The van der Waals surface area contributed by atoms with Crippen molar-refractivity contribution in [2.75, 3.05) is 13.1 Å². The van der Waals surface area contributed by atoms with Crippen molar-refractivity contribution in [3.8, 4) is 0 Å². The van der Waals surface area contributed by atoms with Gasteiger partial charge in [0.25, 0.3) is 0 Å². The first-order valence-electron chi connectivity index (χ1n) is 6.97. The van der Waals surface area contributed by atoms with E-state index >= 15 is 0 Å². The van der Waals surface area contributed by atoms with Gasteiger partial charge in [0.1, 0.15) is 0 Å². The van der Waals surface area contributed by atoms with E-state index in [4.69, 9.17) is 11.6 Å². The Hall–Kier alpha value is -0.610. The molecule has 0 bridgehead atoms. The van der Waals surface area contributed by atoms with E-state index in [2.05, 4.69) is 5.32 Å². The third-order valence-electron chi connectivity index (χ3n) is 3.78. The van der Waals surface area contributed by atoms with Crippen molar-refractivity contribution in [2.24, 2.45) is 5.92 Å². The Morgan fingerprint density at radius 1 is 1.26 bits per heavy atom. The van der Waals surface area contributed by atoms with E-state index in [-0.39, 0.29) is 6.10 Å². The summed E-state index contributed by atoms with van der Waals surface area (Å²) in [6.45, 7) is 1.40. The Balaban J connectivity index is 1.71. The molecule has 106 valence electrons. The van der Waals surface area contributed by atoms with Crippen LogP contribution in [0.5, 0.6) is 0 Å². The highest BCUT2D eigenvalue weighted by molar-refractivity contribution is 6.30. The third kappa shape index (κ3) is 4.77. The van der Waals surface area contributed by atoms with Gasteiger partial charge in [0.15, 0.2) is 0 Å². The van der Waals surface area contributed by atoms with E-state index in [1.54, 1.807) is 12.1 Å². The lowest BCUT2D eigenvalue weighted by atomic mass is 9.87. The van der Waals surface area contributed by atoms with Crippen molar-refractivity contribution in [1.82, 2.24) is 5.32 Å². The largest absolute Gasteiger partial charge is 0.393 e. The first-order chi connectivity index (χ1) is 9.15. The zero-order valence-corrected chi connectivity index (χ0v) is 11.8. The molecule has 2 rings (SSSR count). The highest BCUT2D eigenvalue weighted by Gasteiger charge is 2.19. The number of hydrogen-bond acceptors (Lipinski definition) is 3. The minimum atomic E-state index is -0.509. The number of nitrogens with one attached hydrogen (secondary N) is 1. The molecule has 0 radical (unpaired) electrons. The lowest BCUT2D eigenvalue weighted by molar-refractivity contribution is 0.0983. The van der Waals surface area contributed by atoms with E-state index in [1.165, 1.54) is 6.42 Å². The molecule has 0 saturated heterocycles. The fourth-order valence-electron chi connectivity index (χ4n) is 2.67. The molecular weight excluding hydrogens is 262 g/mol. The average molecular weight is 284 g/mol. The molecule has 1 saturated carbocycles. The molecule has 0 amide bonds. The first-order valence-corrected chi connectivity index (χ1v) is 7.35. The molecule has 0 aromatic heterocycles. The Morgan fingerprint density at radius 2 is 2.00 bits per heavy atom. The minimum absolute atomic E-state index is 0.137. The van der Waals surface area contributed by atoms with Crippen LogP contribution < -0.4 is 5.32 Å². The maximum absolute atomic E-state index is 10.0. The quantitative estimate of drug-likeness (QED) is 0.778. The van der Waals surface area contributed by atoms with Crippen molar-refractivity contribution >= 4 is 11.6 Å². The van der Waals surface area contributed by atoms with Crippen molar-refractivity contribution in [3.05, 3.63) is 34.9 Å². The van der Waals surface area contributed by atoms with Crippen molar-refractivity contribution < 1.29 is 10.2 Å². The molecule has 1 aliphatic carbocycles. The van der Waals surface area contributed by atoms with Crippen LogP contribution in [0.4, 0.5) is 0 Å². The standard InChI is InChI=1S/C15H22ClNO2/c16-13-6-4-12(5-7-13)15(19)10-17-9-11-2-1-3-14(18)8-11/h4-7,11,14-15,17-19H,1-3,8-10H2. The number of benzene rings is 1. The molecule has 4 heteroatoms. The molecule has 1 aromatic carbocycles. The van der Waals surface area contributed by atoms with Gasteiger partial charge in [-0.05, 0) is 49.4 Å². The summed E-state index contributed by atoms with van der Waals surface area (Å²) in [6.07, 6.45) is 3.44. The van der Waals surface area contributed by atoms with Crippen molar-refractivity contribution in [3.63, 3.8) is 0 Å². The fourth-order valence-corrected chi connectivity index (χ4v) is 2.80. The van der Waals surface area contributed by atoms with Crippen LogP contribution in [0.2, 0.25) is 5.02 Å². The molecule has 3 N–H and O–H groups in total. The second kappa shape index (κ2) is 7.25. The molecule has 19 heavy (non-hydrogen) atoms. The number of rotatable bonds is 5. The third-order valence-corrected chi connectivity index (χ3v) is 4.03. The van der Waals surface area contributed by atoms with Gasteiger partial charge in [0.2, 0.25) is 0 Å². The van der Waals surface area contributed by atoms with Crippen LogP contribution in [0, 0.1) is 5.92 Å². The van der Waals surface area contributed by atoms with Crippen molar-refractivity contribution in [2.45, 2.75) is 37.9 Å². The first kappa shape index (κ1) is 14.8. The highest BCUT2D eigenvalue weighted by atomic mass is 35.5. The highest BCUT2D eigenvalue weighted by Crippen LogP contribution is 2.23. The van der Waals surface area contributed by atoms with Gasteiger partial charge in [0.05, 0.1) is 12.2 Å². The normalized spacial score (nSPS) is 25.2. The smallest absolute Gasteiger partial charge is 0.0914 e. The van der Waals surface area contributed by atoms with E-state index in [9.17, 15) is 10.2 Å². The summed E-state index contributed by atoms with van der Waals surface area (Å²) in [5.74, 6) is 0.529. The predicted octanol–water partition coefficient (Wildman–Crippen LogP) is 2.51. The Morgan fingerprint density at radius 3 is 2.68 bits per heavy atom. The fraction of sp³-hybridized carbons (Fsp3) is 0.600. The average Bonchev–Trinajstić information content (AvgIpc) is 2.39. The molecule has 3 nitrogen and oxygen atoms in total. The molecule has 0 heterocycles. The summed E-state index contributed by atoms with van der Waals surface area (Å²) in [4.78, 5) is 0. The van der Waals surface area contributed by atoms with Gasteiger partial charge in [-0.2, -0.15) is 0 Å². The lowest BCUT2D eigenvalue weighted by Crippen LogP contribution is -2.31. The second-order valence-corrected chi connectivity index (χ2v) is 5.85. The van der Waals surface area contributed by atoms with Gasteiger partial charge in [-0.15, -0.1) is 0 Å². The Labute approximate surface area is 119 Å². The maximum atomic E-state index is 10.0. The molecule has 1 aliphatic rings. The number of aliphatic hydroxyl groups excluding tert-OH is 2. The van der Waals surface area contributed by atoms with E-state index in [0.29, 0.717) is 17.5 Å². The zero-order chi connectivity index (χ0) is 13.7. The molecule has 0 aliphatic heterocycles. The summed E-state index contributed by atoms with van der Waals surface area (Å²) in [5, 5.41) is 23.6.